The highest BCUT2D eigenvalue weighted by Crippen LogP contribution is 2.22. The van der Waals surface area contributed by atoms with Crippen molar-refractivity contribution in [2.24, 2.45) is 11.8 Å². The summed E-state index contributed by atoms with van der Waals surface area (Å²) in [7, 11) is 2.18. The number of hydrogen-bond acceptors (Lipinski definition) is 2. The molecule has 0 spiro atoms. The van der Waals surface area contributed by atoms with E-state index in [0.717, 1.165) is 45.3 Å². The molecule has 0 aromatic rings. The number of hydrogen-bond donors (Lipinski definition) is 1. The van der Waals surface area contributed by atoms with Gasteiger partial charge in [-0.3, -0.25) is 0 Å². The highest BCUT2D eigenvalue weighted by atomic mass is 19.3. The molecule has 0 radical (unpaired) electrons. The molecule has 0 rings (SSSR count). The second kappa shape index (κ2) is 12.0. The Hall–Kier alpha value is -0.480. The van der Waals surface area contributed by atoms with Crippen molar-refractivity contribution >= 4 is 0 Å². The third-order valence-corrected chi connectivity index (χ3v) is 4.66. The Morgan fingerprint density at radius 2 is 1.83 bits per heavy atom. The van der Waals surface area contributed by atoms with E-state index in [1.54, 1.807) is 6.08 Å². The third kappa shape index (κ3) is 11.7. The Morgan fingerprint density at radius 3 is 2.35 bits per heavy atom. The molecule has 0 aliphatic heterocycles. The van der Waals surface area contributed by atoms with Crippen molar-refractivity contribution in [2.75, 3.05) is 33.2 Å². The molecule has 0 aromatic carbocycles. The van der Waals surface area contributed by atoms with Gasteiger partial charge in [0, 0.05) is 13.5 Å². The van der Waals surface area contributed by atoms with Crippen LogP contribution in [0.15, 0.2) is 11.6 Å². The highest BCUT2D eigenvalue weighted by molar-refractivity contribution is 5.07. The zero-order valence-electron chi connectivity index (χ0n) is 16.1. The lowest BCUT2D eigenvalue weighted by atomic mass is 9.90. The first-order valence-electron chi connectivity index (χ1n) is 9.12. The lowest BCUT2D eigenvalue weighted by molar-refractivity contribution is 0.0631. The van der Waals surface area contributed by atoms with Crippen molar-refractivity contribution in [3.8, 4) is 0 Å². The van der Waals surface area contributed by atoms with E-state index < -0.39 is 5.92 Å². The lowest BCUT2D eigenvalue weighted by Crippen LogP contribution is -2.29. The van der Waals surface area contributed by atoms with Crippen LogP contribution in [0.25, 0.3) is 0 Å². The lowest BCUT2D eigenvalue weighted by Gasteiger charge is -2.26. The van der Waals surface area contributed by atoms with Gasteiger partial charge in [-0.1, -0.05) is 26.8 Å². The largest absolute Gasteiger partial charge is 0.317 e. The van der Waals surface area contributed by atoms with E-state index >= 15 is 0 Å². The normalized spacial score (nSPS) is 14.8. The smallest absolute Gasteiger partial charge is 0.266 e. The second-order valence-corrected chi connectivity index (χ2v) is 7.17. The Labute approximate surface area is 142 Å². The summed E-state index contributed by atoms with van der Waals surface area (Å²) in [5, 5.41) is 3.43. The van der Waals surface area contributed by atoms with Crippen molar-refractivity contribution in [1.82, 2.24) is 10.2 Å². The molecule has 1 N–H and O–H groups in total. The fraction of sp³-hybridized carbons (Fsp3) is 0.895. The number of nitrogens with zero attached hydrogens (tertiary/aromatic N) is 1. The first-order valence-corrected chi connectivity index (χ1v) is 9.12. The van der Waals surface area contributed by atoms with Gasteiger partial charge in [0.1, 0.15) is 0 Å². The summed E-state index contributed by atoms with van der Waals surface area (Å²) in [5.41, 5.74) is 0.178. The maximum atomic E-state index is 13.0. The number of halogens is 2. The predicted octanol–water partition coefficient (Wildman–Crippen LogP) is 4.96. The van der Waals surface area contributed by atoms with Crippen LogP contribution in [-0.2, 0) is 0 Å². The van der Waals surface area contributed by atoms with Crippen LogP contribution in [-0.4, -0.2) is 44.0 Å². The van der Waals surface area contributed by atoms with Gasteiger partial charge in [0.15, 0.2) is 0 Å². The average molecular weight is 333 g/mol. The molecule has 1 atom stereocenters. The summed E-state index contributed by atoms with van der Waals surface area (Å²) in [6.45, 7) is 13.5. The van der Waals surface area contributed by atoms with Gasteiger partial charge in [-0.15, -0.1) is 0 Å². The van der Waals surface area contributed by atoms with Crippen LogP contribution in [0.1, 0.15) is 60.3 Å². The summed E-state index contributed by atoms with van der Waals surface area (Å²) in [6.07, 6.45) is 5.73. The molecule has 0 amide bonds. The minimum absolute atomic E-state index is 0.178. The van der Waals surface area contributed by atoms with Gasteiger partial charge in [-0.05, 0) is 76.7 Å². The standard InChI is InChI=1S/C19H38F2N2/c1-7-23(6)15-18(16(2)3)12-10-14-22-13-9-8-11-17(4)19(5,20)21/h11,16,18,22H,7-10,12-15H2,1-6H3/b17-11+. The van der Waals surface area contributed by atoms with Crippen LogP contribution >= 0.6 is 0 Å². The molecule has 0 saturated heterocycles. The summed E-state index contributed by atoms with van der Waals surface area (Å²) in [5.74, 6) is -1.21. The van der Waals surface area contributed by atoms with Gasteiger partial charge in [0.05, 0.1) is 0 Å². The highest BCUT2D eigenvalue weighted by Gasteiger charge is 2.22. The SMILES string of the molecule is CCN(C)CC(CCCNCCC/C=C(\C)C(C)(F)F)C(C)C. The molecule has 0 aliphatic rings. The molecule has 2 nitrogen and oxygen atoms in total. The van der Waals surface area contributed by atoms with Gasteiger partial charge in [0.25, 0.3) is 5.92 Å². The molecule has 0 aliphatic carbocycles. The minimum Gasteiger partial charge on any atom is -0.317 e. The third-order valence-electron chi connectivity index (χ3n) is 4.66. The van der Waals surface area contributed by atoms with Crippen LogP contribution in [0.2, 0.25) is 0 Å². The van der Waals surface area contributed by atoms with Gasteiger partial charge in [0.2, 0.25) is 0 Å². The molecular formula is C19H38F2N2. The fourth-order valence-electron chi connectivity index (χ4n) is 2.50. The molecular weight excluding hydrogens is 294 g/mol. The number of nitrogens with one attached hydrogen (secondary N) is 1. The van der Waals surface area contributed by atoms with E-state index in [4.69, 9.17) is 0 Å². The Balaban J connectivity index is 3.75. The summed E-state index contributed by atoms with van der Waals surface area (Å²) in [4.78, 5) is 2.39. The first-order chi connectivity index (χ1) is 10.7. The van der Waals surface area contributed by atoms with Crippen molar-refractivity contribution in [1.29, 1.82) is 0 Å². The number of rotatable bonds is 13. The van der Waals surface area contributed by atoms with Gasteiger partial charge in [-0.25, -0.2) is 8.78 Å². The van der Waals surface area contributed by atoms with Crippen LogP contribution in [0.4, 0.5) is 8.78 Å². The molecule has 0 aromatic heterocycles. The fourth-order valence-corrected chi connectivity index (χ4v) is 2.50. The minimum atomic E-state index is -2.68. The predicted molar refractivity (Wildman–Crippen MR) is 97.2 cm³/mol. The average Bonchev–Trinajstić information content (AvgIpc) is 2.46. The van der Waals surface area contributed by atoms with Gasteiger partial charge in [-0.2, -0.15) is 0 Å². The Bertz CT molecular complexity index is 322. The van der Waals surface area contributed by atoms with E-state index in [2.05, 4.69) is 38.0 Å². The number of unbranched alkanes of at least 4 members (excludes halogenated alkanes) is 1. The summed E-state index contributed by atoms with van der Waals surface area (Å²) < 4.78 is 25.9. The molecule has 0 saturated carbocycles. The van der Waals surface area contributed by atoms with E-state index in [1.165, 1.54) is 26.3 Å². The van der Waals surface area contributed by atoms with E-state index in [9.17, 15) is 8.78 Å². The number of alkyl halides is 2. The van der Waals surface area contributed by atoms with Crippen LogP contribution in [0.5, 0.6) is 0 Å². The summed E-state index contributed by atoms with van der Waals surface area (Å²) >= 11 is 0. The monoisotopic (exact) mass is 332 g/mol. The van der Waals surface area contributed by atoms with Crippen LogP contribution in [0, 0.1) is 11.8 Å². The Kier molecular flexibility index (Phi) is 11.7. The molecule has 0 bridgehead atoms. The first kappa shape index (κ1) is 22.5. The topological polar surface area (TPSA) is 15.3 Å². The van der Waals surface area contributed by atoms with Crippen molar-refractivity contribution in [3.05, 3.63) is 11.6 Å². The molecule has 4 heteroatoms. The zero-order valence-corrected chi connectivity index (χ0v) is 16.1. The molecule has 1 unspecified atom stereocenters. The quantitative estimate of drug-likeness (QED) is 0.379. The van der Waals surface area contributed by atoms with Crippen molar-refractivity contribution < 1.29 is 8.78 Å². The van der Waals surface area contributed by atoms with Crippen LogP contribution < -0.4 is 5.32 Å². The van der Waals surface area contributed by atoms with Crippen molar-refractivity contribution in [2.45, 2.75) is 66.2 Å². The summed E-state index contributed by atoms with van der Waals surface area (Å²) in [6, 6.07) is 0. The molecule has 0 fully saturated rings. The van der Waals surface area contributed by atoms with Crippen molar-refractivity contribution in [3.63, 3.8) is 0 Å². The van der Waals surface area contributed by atoms with Gasteiger partial charge >= 0.3 is 0 Å². The van der Waals surface area contributed by atoms with Crippen LogP contribution in [0.3, 0.4) is 0 Å². The Morgan fingerprint density at radius 1 is 1.22 bits per heavy atom. The number of allylic oxidation sites excluding steroid dienone is 2. The van der Waals surface area contributed by atoms with E-state index in [0.29, 0.717) is 5.92 Å². The molecule has 23 heavy (non-hydrogen) atoms. The van der Waals surface area contributed by atoms with E-state index in [1.807, 2.05) is 0 Å². The maximum Gasteiger partial charge on any atom is 0.266 e. The second-order valence-electron chi connectivity index (χ2n) is 7.17. The maximum absolute atomic E-state index is 13.0. The molecule has 0 heterocycles. The van der Waals surface area contributed by atoms with Gasteiger partial charge < -0.3 is 10.2 Å². The zero-order chi connectivity index (χ0) is 17.9. The molecule has 138 valence electrons. The van der Waals surface area contributed by atoms with E-state index in [-0.39, 0.29) is 5.57 Å².